The third kappa shape index (κ3) is 4.84. The van der Waals surface area contributed by atoms with E-state index in [0.29, 0.717) is 14.5 Å². The van der Waals surface area contributed by atoms with Gasteiger partial charge < -0.3 is 5.32 Å². The summed E-state index contributed by atoms with van der Waals surface area (Å²) in [4.78, 5) is 29.0. The Morgan fingerprint density at radius 3 is 2.70 bits per heavy atom. The number of para-hydroxylation sites is 1. The molecule has 0 aliphatic rings. The van der Waals surface area contributed by atoms with Crippen LogP contribution >= 0.6 is 34.4 Å². The Morgan fingerprint density at radius 1 is 1.03 bits per heavy atom. The number of nitrogens with zero attached hydrogens (tertiary/aromatic N) is 3. The number of benzene rings is 2. The van der Waals surface area contributed by atoms with Crippen molar-refractivity contribution < 1.29 is 9.59 Å². The highest BCUT2D eigenvalue weighted by molar-refractivity contribution is 8.01. The molecule has 10 heteroatoms. The number of aryl methyl sites for hydroxylation is 2. The number of nitrogens with one attached hydrogen (secondary N) is 2. The van der Waals surface area contributed by atoms with E-state index < -0.39 is 0 Å². The highest BCUT2D eigenvalue weighted by Crippen LogP contribution is 2.27. The van der Waals surface area contributed by atoms with Crippen LogP contribution in [0.5, 0.6) is 0 Å². The van der Waals surface area contributed by atoms with Crippen molar-refractivity contribution in [1.82, 2.24) is 15.2 Å². The number of hydrogen-bond acceptors (Lipinski definition) is 8. The van der Waals surface area contributed by atoms with Crippen LogP contribution in [0.1, 0.15) is 20.9 Å². The number of thioether (sulfide) groups is 1. The van der Waals surface area contributed by atoms with E-state index >= 15 is 0 Å². The first-order valence-corrected chi connectivity index (χ1v) is 11.6. The molecule has 2 N–H and O–H groups in total. The summed E-state index contributed by atoms with van der Waals surface area (Å²) in [5.74, 6) is -0.242. The van der Waals surface area contributed by atoms with E-state index in [9.17, 15) is 9.59 Å². The molecule has 0 fully saturated rings. The zero-order chi connectivity index (χ0) is 21.1. The van der Waals surface area contributed by atoms with Crippen LogP contribution in [0.2, 0.25) is 0 Å². The van der Waals surface area contributed by atoms with Crippen molar-refractivity contribution in [3.63, 3.8) is 0 Å². The van der Waals surface area contributed by atoms with Crippen molar-refractivity contribution in [2.24, 2.45) is 0 Å². The fourth-order valence-corrected chi connectivity index (χ4v) is 5.03. The van der Waals surface area contributed by atoms with E-state index in [1.54, 1.807) is 0 Å². The van der Waals surface area contributed by atoms with E-state index in [0.717, 1.165) is 27.0 Å². The van der Waals surface area contributed by atoms with E-state index in [4.69, 9.17) is 0 Å². The minimum absolute atomic E-state index is 0.121. The third-order valence-corrected chi connectivity index (χ3v) is 7.12. The standard InChI is InChI=1S/C20H17N5O2S3/c1-11-7-8-12(2)14(9-11)21-16(26)10-28-20-25-24-19(30-20)23-17(27)18-22-13-5-3-4-6-15(13)29-18/h3-9H,10H2,1-2H3,(H,21,26)(H,23,24,27). The highest BCUT2D eigenvalue weighted by Gasteiger charge is 2.15. The molecule has 0 bridgehead atoms. The van der Waals surface area contributed by atoms with E-state index in [-0.39, 0.29) is 17.6 Å². The monoisotopic (exact) mass is 455 g/mol. The van der Waals surface area contributed by atoms with E-state index in [1.165, 1.54) is 34.4 Å². The van der Waals surface area contributed by atoms with Gasteiger partial charge in [0.05, 0.1) is 16.0 Å². The van der Waals surface area contributed by atoms with Gasteiger partial charge in [-0.15, -0.1) is 21.5 Å². The lowest BCUT2D eigenvalue weighted by atomic mass is 10.1. The summed E-state index contributed by atoms with van der Waals surface area (Å²) in [7, 11) is 0. The first-order valence-electron chi connectivity index (χ1n) is 8.98. The molecule has 0 saturated heterocycles. The molecule has 4 aromatic rings. The van der Waals surface area contributed by atoms with Gasteiger partial charge >= 0.3 is 0 Å². The molecule has 7 nitrogen and oxygen atoms in total. The van der Waals surface area contributed by atoms with Crippen LogP contribution < -0.4 is 10.6 Å². The quantitative estimate of drug-likeness (QED) is 0.322. The minimum Gasteiger partial charge on any atom is -0.325 e. The van der Waals surface area contributed by atoms with Gasteiger partial charge in [-0.1, -0.05) is 47.4 Å². The van der Waals surface area contributed by atoms with Crippen LogP contribution in [0.15, 0.2) is 46.8 Å². The smallest absolute Gasteiger partial charge is 0.286 e. The second kappa shape index (κ2) is 8.90. The number of amides is 2. The van der Waals surface area contributed by atoms with Gasteiger partial charge in [0.2, 0.25) is 11.0 Å². The summed E-state index contributed by atoms with van der Waals surface area (Å²) in [6, 6.07) is 13.5. The lowest BCUT2D eigenvalue weighted by Gasteiger charge is -2.08. The predicted molar refractivity (Wildman–Crippen MR) is 123 cm³/mol. The van der Waals surface area contributed by atoms with Crippen molar-refractivity contribution in [1.29, 1.82) is 0 Å². The fourth-order valence-electron chi connectivity index (χ4n) is 2.62. The van der Waals surface area contributed by atoms with Crippen LogP contribution in [0.3, 0.4) is 0 Å². The lowest BCUT2D eigenvalue weighted by molar-refractivity contribution is -0.113. The summed E-state index contributed by atoms with van der Waals surface area (Å²) in [5, 5.41) is 14.4. The first-order chi connectivity index (χ1) is 14.5. The second-order valence-corrected chi connectivity index (χ2v) is 9.70. The molecule has 0 radical (unpaired) electrons. The molecule has 2 amide bonds. The lowest BCUT2D eigenvalue weighted by Crippen LogP contribution is -2.14. The Labute approximate surface area is 185 Å². The number of aromatic nitrogens is 3. The SMILES string of the molecule is Cc1ccc(C)c(NC(=O)CSc2nnc(NC(=O)c3nc4ccccc4s3)s2)c1. The highest BCUT2D eigenvalue weighted by atomic mass is 32.2. The van der Waals surface area contributed by atoms with Crippen molar-refractivity contribution in [3.05, 3.63) is 58.6 Å². The molecule has 2 aromatic heterocycles. The summed E-state index contributed by atoms with van der Waals surface area (Å²) >= 11 is 3.82. The molecule has 0 unspecified atom stereocenters. The summed E-state index contributed by atoms with van der Waals surface area (Å²) in [6.07, 6.45) is 0. The first kappa shape index (κ1) is 20.5. The molecule has 30 heavy (non-hydrogen) atoms. The third-order valence-electron chi connectivity index (χ3n) is 4.11. The largest absolute Gasteiger partial charge is 0.325 e. The van der Waals surface area contributed by atoms with Gasteiger partial charge in [-0.2, -0.15) is 0 Å². The van der Waals surface area contributed by atoms with Gasteiger partial charge in [0.1, 0.15) is 0 Å². The van der Waals surface area contributed by atoms with Crippen molar-refractivity contribution in [2.45, 2.75) is 18.2 Å². The zero-order valence-corrected chi connectivity index (χ0v) is 18.6. The van der Waals surface area contributed by atoms with Gasteiger partial charge in [-0.05, 0) is 43.2 Å². The van der Waals surface area contributed by atoms with Crippen molar-refractivity contribution in [2.75, 3.05) is 16.4 Å². The number of rotatable bonds is 6. The minimum atomic E-state index is -0.323. The van der Waals surface area contributed by atoms with Gasteiger partial charge in [-0.25, -0.2) is 4.98 Å². The molecule has 0 aliphatic carbocycles. The molecule has 0 saturated carbocycles. The number of anilines is 2. The normalized spacial score (nSPS) is 10.9. The zero-order valence-electron chi connectivity index (χ0n) is 16.1. The van der Waals surface area contributed by atoms with Gasteiger partial charge in [0.15, 0.2) is 9.35 Å². The summed E-state index contributed by atoms with van der Waals surface area (Å²) in [5.41, 5.74) is 3.69. The van der Waals surface area contributed by atoms with E-state index in [2.05, 4.69) is 25.8 Å². The van der Waals surface area contributed by atoms with Crippen LogP contribution in [0, 0.1) is 13.8 Å². The van der Waals surface area contributed by atoms with Crippen LogP contribution in [0.25, 0.3) is 10.2 Å². The Hall–Kier alpha value is -2.82. The second-order valence-electron chi connectivity index (χ2n) is 6.47. The average molecular weight is 456 g/mol. The molecule has 2 heterocycles. The molecular weight excluding hydrogens is 438 g/mol. The maximum absolute atomic E-state index is 12.4. The topological polar surface area (TPSA) is 96.9 Å². The fraction of sp³-hybridized carbons (Fsp3) is 0.150. The van der Waals surface area contributed by atoms with Crippen LogP contribution in [-0.2, 0) is 4.79 Å². The van der Waals surface area contributed by atoms with Gasteiger partial charge in [-0.3, -0.25) is 14.9 Å². The summed E-state index contributed by atoms with van der Waals surface area (Å²) in [6.45, 7) is 3.93. The molecule has 4 rings (SSSR count). The maximum Gasteiger partial charge on any atom is 0.286 e. The summed E-state index contributed by atoms with van der Waals surface area (Å²) < 4.78 is 1.55. The number of carbonyl (C=O) groups excluding carboxylic acids is 2. The number of hydrogen-bond donors (Lipinski definition) is 2. The molecule has 0 spiro atoms. The van der Waals surface area contributed by atoms with Gasteiger partial charge in [0, 0.05) is 5.69 Å². The molecular formula is C20H17N5O2S3. The maximum atomic E-state index is 12.4. The van der Waals surface area contributed by atoms with Crippen LogP contribution in [0.4, 0.5) is 10.8 Å². The van der Waals surface area contributed by atoms with Crippen LogP contribution in [-0.4, -0.2) is 32.7 Å². The number of carbonyl (C=O) groups is 2. The predicted octanol–water partition coefficient (Wildman–Crippen LogP) is 4.75. The Bertz CT molecular complexity index is 1200. The Kier molecular flexibility index (Phi) is 6.07. The Balaban J connectivity index is 1.33. The number of thiazole rings is 1. The molecule has 152 valence electrons. The molecule has 0 atom stereocenters. The van der Waals surface area contributed by atoms with Gasteiger partial charge in [0.25, 0.3) is 5.91 Å². The van der Waals surface area contributed by atoms with Crippen molar-refractivity contribution >= 4 is 67.3 Å². The number of fused-ring (bicyclic) bond motifs is 1. The Morgan fingerprint density at radius 2 is 1.87 bits per heavy atom. The molecule has 2 aromatic carbocycles. The average Bonchev–Trinajstić information content (AvgIpc) is 3.36. The molecule has 0 aliphatic heterocycles. The van der Waals surface area contributed by atoms with E-state index in [1.807, 2.05) is 56.3 Å². The van der Waals surface area contributed by atoms with Crippen molar-refractivity contribution in [3.8, 4) is 0 Å².